The first-order chi connectivity index (χ1) is 8.40. The fraction of sp³-hybridized carbons (Fsp3) is 0.111. The van der Waals surface area contributed by atoms with Crippen LogP contribution >= 0.6 is 23.2 Å². The van der Waals surface area contributed by atoms with Gasteiger partial charge in [0.15, 0.2) is 0 Å². The molecular formula is C9H8Cl2N4O2S. The normalized spacial score (nSPS) is 11.5. The van der Waals surface area contributed by atoms with Crippen molar-refractivity contribution in [2.24, 2.45) is 7.05 Å². The number of halogens is 2. The lowest BCUT2D eigenvalue weighted by Gasteiger charge is -2.05. The van der Waals surface area contributed by atoms with E-state index in [4.69, 9.17) is 23.2 Å². The van der Waals surface area contributed by atoms with E-state index in [1.54, 1.807) is 13.1 Å². The predicted octanol–water partition coefficient (Wildman–Crippen LogP) is 1.92. The third kappa shape index (κ3) is 2.58. The van der Waals surface area contributed by atoms with Gasteiger partial charge < -0.3 is 4.57 Å². The number of sulfonamides is 1. The summed E-state index contributed by atoms with van der Waals surface area (Å²) in [5.41, 5.74) is 0. The lowest BCUT2D eigenvalue weighted by atomic mass is 10.5. The Morgan fingerprint density at radius 1 is 1.33 bits per heavy atom. The first-order valence-corrected chi connectivity index (χ1v) is 6.96. The lowest BCUT2D eigenvalue weighted by molar-refractivity contribution is 0.598. The molecule has 9 heteroatoms. The van der Waals surface area contributed by atoms with Gasteiger partial charge in [0.25, 0.3) is 10.0 Å². The van der Waals surface area contributed by atoms with Crippen molar-refractivity contribution in [3.63, 3.8) is 0 Å². The highest BCUT2D eigenvalue weighted by atomic mass is 35.5. The van der Waals surface area contributed by atoms with Gasteiger partial charge >= 0.3 is 0 Å². The van der Waals surface area contributed by atoms with Crippen molar-refractivity contribution in [3.05, 3.63) is 34.8 Å². The molecule has 1 N–H and O–H groups in total. The van der Waals surface area contributed by atoms with Crippen LogP contribution in [-0.4, -0.2) is 23.0 Å². The van der Waals surface area contributed by atoms with Crippen LogP contribution in [0.5, 0.6) is 0 Å². The number of rotatable bonds is 3. The minimum Gasteiger partial charge on any atom is -0.324 e. The summed E-state index contributed by atoms with van der Waals surface area (Å²) < 4.78 is 27.6. The number of imidazole rings is 1. The van der Waals surface area contributed by atoms with Crippen LogP contribution in [0.25, 0.3) is 0 Å². The summed E-state index contributed by atoms with van der Waals surface area (Å²) >= 11 is 11.5. The lowest BCUT2D eigenvalue weighted by Crippen LogP contribution is -2.15. The highest BCUT2D eigenvalue weighted by molar-refractivity contribution is 7.92. The van der Waals surface area contributed by atoms with E-state index in [-0.39, 0.29) is 21.2 Å². The quantitative estimate of drug-likeness (QED) is 0.879. The SMILES string of the molecule is Cn1cnc(S(=O)(=O)Nc2cccc(Cl)n2)c1Cl. The maximum absolute atomic E-state index is 12.0. The number of nitrogens with zero attached hydrogens (tertiary/aromatic N) is 3. The van der Waals surface area contributed by atoms with Gasteiger partial charge in [-0.05, 0) is 12.1 Å². The molecule has 2 aromatic rings. The maximum atomic E-state index is 12.0. The van der Waals surface area contributed by atoms with E-state index in [1.165, 1.54) is 23.0 Å². The van der Waals surface area contributed by atoms with Crippen LogP contribution in [0.2, 0.25) is 10.3 Å². The second-order valence-corrected chi connectivity index (χ2v) is 5.75. The molecule has 0 fully saturated rings. The minimum atomic E-state index is -3.87. The highest BCUT2D eigenvalue weighted by Crippen LogP contribution is 2.21. The molecular weight excluding hydrogens is 299 g/mol. The Balaban J connectivity index is 2.36. The molecule has 0 saturated heterocycles. The van der Waals surface area contributed by atoms with Crippen LogP contribution in [0.3, 0.4) is 0 Å². The van der Waals surface area contributed by atoms with Gasteiger partial charge in [-0.2, -0.15) is 8.42 Å². The van der Waals surface area contributed by atoms with E-state index in [2.05, 4.69) is 14.7 Å². The van der Waals surface area contributed by atoms with Crippen LogP contribution in [0.15, 0.2) is 29.6 Å². The number of hydrogen-bond acceptors (Lipinski definition) is 4. The standard InChI is InChI=1S/C9H8Cl2N4O2S/c1-15-5-12-9(8(15)11)18(16,17)14-7-4-2-3-6(10)13-7/h2-5H,1H3,(H,13,14). The number of anilines is 1. The van der Waals surface area contributed by atoms with Gasteiger partial charge in [0.2, 0.25) is 5.03 Å². The molecule has 0 saturated carbocycles. The van der Waals surface area contributed by atoms with Gasteiger partial charge in [0, 0.05) is 7.05 Å². The fourth-order valence-electron chi connectivity index (χ4n) is 1.23. The van der Waals surface area contributed by atoms with Crippen LogP contribution < -0.4 is 4.72 Å². The Hall–Kier alpha value is -1.31. The number of pyridine rings is 1. The van der Waals surface area contributed by atoms with Crippen LogP contribution in [0.4, 0.5) is 5.82 Å². The molecule has 0 aliphatic heterocycles. The van der Waals surface area contributed by atoms with Crippen molar-refractivity contribution in [1.82, 2.24) is 14.5 Å². The Bertz CT molecular complexity index is 684. The molecule has 0 unspecified atom stereocenters. The van der Waals surface area contributed by atoms with Gasteiger partial charge in [0.1, 0.15) is 16.1 Å². The van der Waals surface area contributed by atoms with Crippen molar-refractivity contribution < 1.29 is 8.42 Å². The van der Waals surface area contributed by atoms with Gasteiger partial charge in [-0.25, -0.2) is 9.97 Å². The molecule has 0 aromatic carbocycles. The zero-order valence-corrected chi connectivity index (χ0v) is 11.5. The van der Waals surface area contributed by atoms with Crippen LogP contribution in [-0.2, 0) is 17.1 Å². The smallest absolute Gasteiger partial charge is 0.283 e. The molecule has 0 aliphatic carbocycles. The number of aromatic nitrogens is 3. The minimum absolute atomic E-state index is 0.0181. The van der Waals surface area contributed by atoms with Crippen molar-refractivity contribution >= 4 is 39.0 Å². The Kier molecular flexibility index (Phi) is 3.47. The van der Waals surface area contributed by atoms with Crippen molar-refractivity contribution in [1.29, 1.82) is 0 Å². The summed E-state index contributed by atoms with van der Waals surface area (Å²) in [7, 11) is -2.29. The first kappa shape index (κ1) is 13.1. The molecule has 0 atom stereocenters. The third-order valence-corrected chi connectivity index (χ3v) is 4.10. The Labute approximate surface area is 114 Å². The molecule has 0 radical (unpaired) electrons. The molecule has 0 spiro atoms. The molecule has 2 rings (SSSR count). The van der Waals surface area contributed by atoms with Gasteiger partial charge in [0.05, 0.1) is 6.33 Å². The van der Waals surface area contributed by atoms with Crippen molar-refractivity contribution in [3.8, 4) is 0 Å². The number of nitrogens with one attached hydrogen (secondary N) is 1. The summed E-state index contributed by atoms with van der Waals surface area (Å²) in [5, 5.41) is -0.0553. The Morgan fingerprint density at radius 2 is 2.06 bits per heavy atom. The van der Waals surface area contributed by atoms with E-state index < -0.39 is 10.0 Å². The summed E-state index contributed by atoms with van der Waals surface area (Å²) in [6, 6.07) is 4.58. The third-order valence-electron chi connectivity index (χ3n) is 2.04. The molecule has 2 heterocycles. The summed E-state index contributed by atoms with van der Waals surface area (Å²) in [5.74, 6) is 0.101. The fourth-order valence-corrected chi connectivity index (χ4v) is 2.82. The zero-order chi connectivity index (χ0) is 13.3. The van der Waals surface area contributed by atoms with Crippen LogP contribution in [0, 0.1) is 0 Å². The topological polar surface area (TPSA) is 76.9 Å². The largest absolute Gasteiger partial charge is 0.324 e. The molecule has 2 aromatic heterocycles. The van der Waals surface area contributed by atoms with E-state index in [0.29, 0.717) is 0 Å². The van der Waals surface area contributed by atoms with E-state index in [0.717, 1.165) is 0 Å². The predicted molar refractivity (Wildman–Crippen MR) is 68.3 cm³/mol. The Morgan fingerprint density at radius 3 is 2.61 bits per heavy atom. The molecule has 0 amide bonds. The zero-order valence-electron chi connectivity index (χ0n) is 9.13. The average molecular weight is 307 g/mol. The number of aryl methyl sites for hydroxylation is 1. The second kappa shape index (κ2) is 4.75. The summed E-state index contributed by atoms with van der Waals surface area (Å²) in [4.78, 5) is 7.54. The summed E-state index contributed by atoms with van der Waals surface area (Å²) in [6.45, 7) is 0. The maximum Gasteiger partial charge on any atom is 0.283 e. The molecule has 96 valence electrons. The first-order valence-electron chi connectivity index (χ1n) is 4.72. The molecule has 6 nitrogen and oxygen atoms in total. The van der Waals surface area contributed by atoms with E-state index in [9.17, 15) is 8.42 Å². The molecule has 0 bridgehead atoms. The molecule has 18 heavy (non-hydrogen) atoms. The van der Waals surface area contributed by atoms with Gasteiger partial charge in [-0.15, -0.1) is 0 Å². The van der Waals surface area contributed by atoms with Gasteiger partial charge in [-0.3, -0.25) is 4.72 Å². The van der Waals surface area contributed by atoms with Crippen LogP contribution in [0.1, 0.15) is 0 Å². The van der Waals surface area contributed by atoms with Crippen molar-refractivity contribution in [2.75, 3.05) is 4.72 Å². The second-order valence-electron chi connectivity index (χ2n) is 3.40. The van der Waals surface area contributed by atoms with Gasteiger partial charge in [-0.1, -0.05) is 29.3 Å². The van der Waals surface area contributed by atoms with Crippen molar-refractivity contribution in [2.45, 2.75) is 5.03 Å². The molecule has 0 aliphatic rings. The number of hydrogen-bond donors (Lipinski definition) is 1. The van der Waals surface area contributed by atoms with E-state index >= 15 is 0 Å². The highest BCUT2D eigenvalue weighted by Gasteiger charge is 2.22. The monoisotopic (exact) mass is 306 g/mol. The summed E-state index contributed by atoms with van der Waals surface area (Å²) in [6.07, 6.45) is 1.31. The van der Waals surface area contributed by atoms with E-state index in [1.807, 2.05) is 0 Å². The average Bonchev–Trinajstić information content (AvgIpc) is 2.59.